The largest absolute Gasteiger partial charge is 0.350 e. The van der Waals surface area contributed by atoms with Crippen LogP contribution in [-0.2, 0) is 22.9 Å². The van der Waals surface area contributed by atoms with Gasteiger partial charge in [-0.1, -0.05) is 5.16 Å². The summed E-state index contributed by atoms with van der Waals surface area (Å²) >= 11 is 0. The minimum Gasteiger partial charge on any atom is -0.350 e. The van der Waals surface area contributed by atoms with E-state index in [0.717, 1.165) is 49.8 Å². The highest BCUT2D eigenvalue weighted by atomic mass is 32.2. The Morgan fingerprint density at radius 3 is 2.71 bits per heavy atom. The maximum atomic E-state index is 12.9. The molecule has 2 fully saturated rings. The first-order valence-corrected chi connectivity index (χ1v) is 10.6. The number of carbonyl (C=O) groups is 1. The van der Waals surface area contributed by atoms with Crippen molar-refractivity contribution in [2.75, 3.05) is 19.3 Å². The number of nitrogens with one attached hydrogen (secondary N) is 1. The van der Waals surface area contributed by atoms with Crippen molar-refractivity contribution in [1.82, 2.24) is 14.8 Å². The van der Waals surface area contributed by atoms with Crippen LogP contribution < -0.4 is 4.72 Å². The Balaban J connectivity index is 1.54. The third-order valence-corrected chi connectivity index (χ3v) is 6.13. The van der Waals surface area contributed by atoms with Gasteiger partial charge >= 0.3 is 0 Å². The average Bonchev–Trinajstić information content (AvgIpc) is 3.14. The lowest BCUT2D eigenvalue weighted by molar-refractivity contribution is 0.0741. The van der Waals surface area contributed by atoms with Gasteiger partial charge in [-0.15, -0.1) is 0 Å². The van der Waals surface area contributed by atoms with Crippen molar-refractivity contribution >= 4 is 15.9 Å². The van der Waals surface area contributed by atoms with E-state index in [9.17, 15) is 13.2 Å². The molecule has 1 saturated heterocycles. The number of hydrogen-bond acceptors (Lipinski definition) is 5. The summed E-state index contributed by atoms with van der Waals surface area (Å²) in [5.74, 6) is 0.932. The Hall–Kier alpha value is -1.41. The molecule has 0 aromatic carbocycles. The summed E-state index contributed by atoms with van der Waals surface area (Å²) in [5, 5.41) is 4.06. The van der Waals surface area contributed by atoms with Crippen molar-refractivity contribution in [2.24, 2.45) is 11.8 Å². The van der Waals surface area contributed by atoms with Gasteiger partial charge in [0, 0.05) is 24.7 Å². The van der Waals surface area contributed by atoms with Crippen molar-refractivity contribution in [3.8, 4) is 0 Å². The van der Waals surface area contributed by atoms with Gasteiger partial charge in [0.1, 0.15) is 0 Å². The van der Waals surface area contributed by atoms with Crippen LogP contribution in [0.4, 0.5) is 0 Å². The third kappa shape index (κ3) is 3.09. The lowest BCUT2D eigenvalue weighted by Crippen LogP contribution is -2.41. The van der Waals surface area contributed by atoms with Crippen LogP contribution in [0.25, 0.3) is 0 Å². The van der Waals surface area contributed by atoms with Crippen LogP contribution in [0.5, 0.6) is 0 Å². The lowest BCUT2D eigenvalue weighted by Gasteiger charge is -2.17. The van der Waals surface area contributed by atoms with Crippen molar-refractivity contribution in [3.05, 3.63) is 17.0 Å². The molecule has 2 heterocycles. The summed E-state index contributed by atoms with van der Waals surface area (Å²) in [7, 11) is -3.29. The Bertz CT molecular complexity index is 753. The summed E-state index contributed by atoms with van der Waals surface area (Å²) < 4.78 is 31.3. The summed E-state index contributed by atoms with van der Waals surface area (Å²) in [6, 6.07) is -0.199. The Morgan fingerprint density at radius 1 is 1.25 bits per heavy atom. The molecule has 1 aromatic heterocycles. The summed E-state index contributed by atoms with van der Waals surface area (Å²) in [6.07, 6.45) is 7.26. The van der Waals surface area contributed by atoms with Crippen molar-refractivity contribution in [2.45, 2.75) is 44.6 Å². The molecule has 0 bridgehead atoms. The second-order valence-corrected chi connectivity index (χ2v) is 9.13. The normalized spacial score (nSPS) is 27.3. The first-order chi connectivity index (χ1) is 11.4. The van der Waals surface area contributed by atoms with Gasteiger partial charge in [-0.2, -0.15) is 0 Å². The van der Waals surface area contributed by atoms with Crippen LogP contribution in [0, 0.1) is 11.8 Å². The van der Waals surface area contributed by atoms with E-state index in [2.05, 4.69) is 9.88 Å². The van der Waals surface area contributed by atoms with E-state index >= 15 is 0 Å². The molecule has 1 saturated carbocycles. The van der Waals surface area contributed by atoms with Gasteiger partial charge in [-0.05, 0) is 50.4 Å². The molecule has 4 rings (SSSR count). The zero-order valence-electron chi connectivity index (χ0n) is 13.8. The van der Waals surface area contributed by atoms with E-state index in [1.54, 1.807) is 4.90 Å². The van der Waals surface area contributed by atoms with E-state index in [1.807, 2.05) is 0 Å². The van der Waals surface area contributed by atoms with Crippen LogP contribution in [-0.4, -0.2) is 49.8 Å². The summed E-state index contributed by atoms with van der Waals surface area (Å²) in [6.45, 7) is 0.995. The fourth-order valence-electron chi connectivity index (χ4n) is 4.10. The highest BCUT2D eigenvalue weighted by Crippen LogP contribution is 2.42. The summed E-state index contributed by atoms with van der Waals surface area (Å²) in [5.41, 5.74) is 1.86. The standard InChI is InChI=1S/C16H23N3O4S/c1-24(21,22)18-14-9-19(8-12(14)10-6-7-10)16(20)15-11-4-2-3-5-13(11)17-23-15/h10,12,14,18H,2-9H2,1H3/t12-,14+/m1/s1. The first-order valence-electron chi connectivity index (χ1n) is 8.66. The second-order valence-electron chi connectivity index (χ2n) is 7.35. The number of amides is 1. The number of hydrogen-bond donors (Lipinski definition) is 1. The van der Waals surface area contributed by atoms with Gasteiger partial charge in [0.05, 0.1) is 11.9 Å². The molecule has 0 unspecified atom stereocenters. The van der Waals surface area contributed by atoms with E-state index < -0.39 is 10.0 Å². The van der Waals surface area contributed by atoms with Gasteiger partial charge in [-0.25, -0.2) is 13.1 Å². The van der Waals surface area contributed by atoms with Gasteiger partial charge in [0.15, 0.2) is 0 Å². The molecule has 1 aromatic rings. The van der Waals surface area contributed by atoms with Crippen molar-refractivity contribution in [1.29, 1.82) is 0 Å². The zero-order chi connectivity index (χ0) is 16.9. The molecule has 0 spiro atoms. The minimum atomic E-state index is -3.29. The number of aromatic nitrogens is 1. The Labute approximate surface area is 141 Å². The highest BCUT2D eigenvalue weighted by Gasteiger charge is 2.45. The maximum absolute atomic E-state index is 12.9. The number of aryl methyl sites for hydroxylation is 1. The predicted octanol–water partition coefficient (Wildman–Crippen LogP) is 0.953. The van der Waals surface area contributed by atoms with Gasteiger partial charge in [-0.3, -0.25) is 4.79 Å². The fraction of sp³-hybridized carbons (Fsp3) is 0.750. The molecule has 1 aliphatic heterocycles. The van der Waals surface area contributed by atoms with Crippen LogP contribution >= 0.6 is 0 Å². The number of sulfonamides is 1. The number of nitrogens with zero attached hydrogens (tertiary/aromatic N) is 2. The van der Waals surface area contributed by atoms with Crippen molar-refractivity contribution in [3.63, 3.8) is 0 Å². The molecular weight excluding hydrogens is 330 g/mol. The summed E-state index contributed by atoms with van der Waals surface area (Å²) in [4.78, 5) is 14.6. The van der Waals surface area contributed by atoms with E-state index in [1.165, 1.54) is 6.26 Å². The molecule has 1 amide bonds. The van der Waals surface area contributed by atoms with E-state index in [0.29, 0.717) is 24.8 Å². The minimum absolute atomic E-state index is 0.144. The SMILES string of the molecule is CS(=O)(=O)N[C@H]1CN(C(=O)c2onc3c2CCCC3)C[C@@H]1C1CC1. The molecule has 3 aliphatic rings. The number of fused-ring (bicyclic) bond motifs is 1. The van der Waals surface area contributed by atoms with Crippen LogP contribution in [0.1, 0.15) is 47.5 Å². The lowest BCUT2D eigenvalue weighted by atomic mass is 9.96. The fourth-order valence-corrected chi connectivity index (χ4v) is 4.90. The average molecular weight is 353 g/mol. The van der Waals surface area contributed by atoms with Gasteiger partial charge in [0.25, 0.3) is 5.91 Å². The van der Waals surface area contributed by atoms with Crippen molar-refractivity contribution < 1.29 is 17.7 Å². The monoisotopic (exact) mass is 353 g/mol. The van der Waals surface area contributed by atoms with Gasteiger partial charge in [0.2, 0.25) is 15.8 Å². The number of likely N-dealkylation sites (tertiary alicyclic amines) is 1. The highest BCUT2D eigenvalue weighted by molar-refractivity contribution is 7.88. The second kappa shape index (κ2) is 5.84. The molecule has 0 radical (unpaired) electrons. The van der Waals surface area contributed by atoms with Crippen LogP contribution in [0.15, 0.2) is 4.52 Å². The van der Waals surface area contributed by atoms with E-state index in [4.69, 9.17) is 4.52 Å². The maximum Gasteiger partial charge on any atom is 0.292 e. The zero-order valence-corrected chi connectivity index (χ0v) is 14.6. The molecule has 1 N–H and O–H groups in total. The number of carbonyl (C=O) groups excluding carboxylic acids is 1. The van der Waals surface area contributed by atoms with Crippen LogP contribution in [0.2, 0.25) is 0 Å². The molecular formula is C16H23N3O4S. The first kappa shape index (κ1) is 16.1. The molecule has 2 atom stereocenters. The quantitative estimate of drug-likeness (QED) is 0.870. The van der Waals surface area contributed by atoms with Gasteiger partial charge < -0.3 is 9.42 Å². The molecule has 7 nitrogen and oxygen atoms in total. The number of rotatable bonds is 4. The molecule has 24 heavy (non-hydrogen) atoms. The smallest absolute Gasteiger partial charge is 0.292 e. The van der Waals surface area contributed by atoms with Crippen LogP contribution in [0.3, 0.4) is 0 Å². The third-order valence-electron chi connectivity index (χ3n) is 5.40. The molecule has 8 heteroatoms. The van der Waals surface area contributed by atoms with E-state index in [-0.39, 0.29) is 17.9 Å². The topological polar surface area (TPSA) is 92.5 Å². The molecule has 132 valence electrons. The Morgan fingerprint density at radius 2 is 2.00 bits per heavy atom. The predicted molar refractivity (Wildman–Crippen MR) is 87.0 cm³/mol. The molecule has 2 aliphatic carbocycles. The Kier molecular flexibility index (Phi) is 3.91.